The van der Waals surface area contributed by atoms with Gasteiger partial charge in [-0.05, 0) is 37.3 Å². The van der Waals surface area contributed by atoms with Crippen LogP contribution in [0.3, 0.4) is 0 Å². The second kappa shape index (κ2) is 11.1. The SMILES string of the molecule is CC(C)C(=O)Nc1ccc(C(=O)[C@H](C)Sc2nc(CN3CCOCC3)nc3ccccc23)cc1. The van der Waals surface area contributed by atoms with Gasteiger partial charge in [0.1, 0.15) is 10.9 Å². The predicted octanol–water partition coefficient (Wildman–Crippen LogP) is 4.42. The van der Waals surface area contributed by atoms with Crippen LogP contribution in [-0.2, 0) is 16.1 Å². The van der Waals surface area contributed by atoms with Crippen molar-refractivity contribution in [2.45, 2.75) is 37.6 Å². The van der Waals surface area contributed by atoms with Gasteiger partial charge in [-0.25, -0.2) is 9.97 Å². The van der Waals surface area contributed by atoms with Gasteiger partial charge in [0.25, 0.3) is 0 Å². The lowest BCUT2D eigenvalue weighted by atomic mass is 10.1. The van der Waals surface area contributed by atoms with E-state index in [4.69, 9.17) is 14.7 Å². The van der Waals surface area contributed by atoms with Gasteiger partial charge >= 0.3 is 0 Å². The fourth-order valence-electron chi connectivity index (χ4n) is 3.67. The van der Waals surface area contributed by atoms with Gasteiger partial charge in [-0.1, -0.05) is 43.8 Å². The molecule has 0 spiro atoms. The maximum atomic E-state index is 13.2. The van der Waals surface area contributed by atoms with Crippen LogP contribution in [0.15, 0.2) is 53.6 Å². The highest BCUT2D eigenvalue weighted by Crippen LogP contribution is 2.30. The van der Waals surface area contributed by atoms with E-state index < -0.39 is 0 Å². The molecule has 2 heterocycles. The molecule has 1 aliphatic heterocycles. The number of rotatable bonds is 8. The molecule has 3 aromatic rings. The van der Waals surface area contributed by atoms with E-state index in [-0.39, 0.29) is 22.9 Å². The Morgan fingerprint density at radius 2 is 1.74 bits per heavy atom. The molecule has 0 radical (unpaired) electrons. The van der Waals surface area contributed by atoms with Crippen LogP contribution in [0, 0.1) is 5.92 Å². The first-order valence-corrected chi connectivity index (χ1v) is 12.5. The Labute approximate surface area is 204 Å². The number of nitrogens with one attached hydrogen (secondary N) is 1. The molecule has 7 nitrogen and oxygen atoms in total. The summed E-state index contributed by atoms with van der Waals surface area (Å²) in [5.74, 6) is 0.622. The fourth-order valence-corrected chi connectivity index (χ4v) is 4.71. The summed E-state index contributed by atoms with van der Waals surface area (Å²) in [6.07, 6.45) is 0. The average Bonchev–Trinajstić information content (AvgIpc) is 2.84. The number of benzene rings is 2. The van der Waals surface area contributed by atoms with E-state index in [0.29, 0.717) is 17.8 Å². The number of fused-ring (bicyclic) bond motifs is 1. The summed E-state index contributed by atoms with van der Waals surface area (Å²) in [5, 5.41) is 4.29. The van der Waals surface area contributed by atoms with Crippen LogP contribution in [0.1, 0.15) is 37.0 Å². The topological polar surface area (TPSA) is 84.4 Å². The van der Waals surface area contributed by atoms with Gasteiger partial charge in [0.15, 0.2) is 5.78 Å². The molecular weight excluding hydrogens is 448 g/mol. The Balaban J connectivity index is 1.50. The molecule has 1 fully saturated rings. The van der Waals surface area contributed by atoms with E-state index in [1.54, 1.807) is 24.3 Å². The van der Waals surface area contributed by atoms with Crippen molar-refractivity contribution in [3.05, 3.63) is 59.9 Å². The van der Waals surface area contributed by atoms with Crippen molar-refractivity contribution in [1.82, 2.24) is 14.9 Å². The van der Waals surface area contributed by atoms with Crippen molar-refractivity contribution in [1.29, 1.82) is 0 Å². The summed E-state index contributed by atoms with van der Waals surface area (Å²) in [4.78, 5) is 36.9. The molecule has 0 bridgehead atoms. The number of ether oxygens (including phenoxy) is 1. The van der Waals surface area contributed by atoms with Gasteiger partial charge in [0, 0.05) is 35.6 Å². The molecule has 178 valence electrons. The maximum absolute atomic E-state index is 13.2. The van der Waals surface area contributed by atoms with Gasteiger partial charge in [0.05, 0.1) is 30.5 Å². The number of ketones is 1. The molecule has 1 amide bonds. The number of carbonyl (C=O) groups excluding carboxylic acids is 2. The number of thioether (sulfide) groups is 1. The molecular formula is C26H30N4O3S. The lowest BCUT2D eigenvalue weighted by Crippen LogP contribution is -2.36. The number of amides is 1. The van der Waals surface area contributed by atoms with Crippen molar-refractivity contribution in [3.8, 4) is 0 Å². The minimum Gasteiger partial charge on any atom is -0.379 e. The van der Waals surface area contributed by atoms with Crippen LogP contribution in [0.5, 0.6) is 0 Å². The number of anilines is 1. The van der Waals surface area contributed by atoms with Crippen LogP contribution in [0.4, 0.5) is 5.69 Å². The Bertz CT molecular complexity index is 1160. The molecule has 0 unspecified atom stereocenters. The van der Waals surface area contributed by atoms with E-state index in [1.807, 2.05) is 45.0 Å². The highest BCUT2D eigenvalue weighted by atomic mass is 32.2. The van der Waals surface area contributed by atoms with Crippen LogP contribution in [-0.4, -0.2) is 58.1 Å². The molecule has 4 rings (SSSR count). The predicted molar refractivity (Wildman–Crippen MR) is 135 cm³/mol. The summed E-state index contributed by atoms with van der Waals surface area (Å²) in [7, 11) is 0. The zero-order valence-electron chi connectivity index (χ0n) is 19.8. The minimum absolute atomic E-state index is 0.0177. The summed E-state index contributed by atoms with van der Waals surface area (Å²) in [5.41, 5.74) is 2.17. The van der Waals surface area contributed by atoms with Crippen LogP contribution in [0.25, 0.3) is 10.9 Å². The summed E-state index contributed by atoms with van der Waals surface area (Å²) in [6, 6.07) is 15.0. The Morgan fingerprint density at radius 1 is 1.03 bits per heavy atom. The summed E-state index contributed by atoms with van der Waals surface area (Å²) >= 11 is 1.46. The highest BCUT2D eigenvalue weighted by molar-refractivity contribution is 8.00. The highest BCUT2D eigenvalue weighted by Gasteiger charge is 2.21. The molecule has 0 aliphatic carbocycles. The first-order valence-electron chi connectivity index (χ1n) is 11.6. The first-order chi connectivity index (χ1) is 16.4. The third-order valence-corrected chi connectivity index (χ3v) is 6.80. The zero-order valence-corrected chi connectivity index (χ0v) is 20.6. The molecule has 2 aromatic carbocycles. The van der Waals surface area contributed by atoms with Crippen molar-refractivity contribution in [2.24, 2.45) is 5.92 Å². The lowest BCUT2D eigenvalue weighted by Gasteiger charge is -2.26. The monoisotopic (exact) mass is 478 g/mol. The summed E-state index contributed by atoms with van der Waals surface area (Å²) in [6.45, 7) is 9.42. The van der Waals surface area contributed by atoms with Crippen molar-refractivity contribution >= 4 is 40.0 Å². The van der Waals surface area contributed by atoms with E-state index >= 15 is 0 Å². The Hall–Kier alpha value is -2.81. The number of carbonyl (C=O) groups is 2. The number of nitrogens with zero attached hydrogens (tertiary/aromatic N) is 3. The second-order valence-corrected chi connectivity index (χ2v) is 10.0. The maximum Gasteiger partial charge on any atom is 0.226 e. The number of hydrogen-bond acceptors (Lipinski definition) is 7. The van der Waals surface area contributed by atoms with E-state index in [9.17, 15) is 9.59 Å². The Kier molecular flexibility index (Phi) is 7.92. The Morgan fingerprint density at radius 3 is 2.44 bits per heavy atom. The fraction of sp³-hybridized carbons (Fsp3) is 0.385. The molecule has 0 saturated carbocycles. The van der Waals surface area contributed by atoms with Gasteiger partial charge in [0.2, 0.25) is 5.91 Å². The first kappa shape index (κ1) is 24.3. The van der Waals surface area contributed by atoms with Crippen LogP contribution >= 0.6 is 11.8 Å². The lowest BCUT2D eigenvalue weighted by molar-refractivity contribution is -0.118. The van der Waals surface area contributed by atoms with Crippen molar-refractivity contribution in [3.63, 3.8) is 0 Å². The number of Topliss-reactive ketones (excluding diaryl/α,β-unsaturated/α-hetero) is 1. The normalized spacial score (nSPS) is 15.4. The van der Waals surface area contributed by atoms with E-state index in [0.717, 1.165) is 48.1 Å². The van der Waals surface area contributed by atoms with Crippen molar-refractivity contribution < 1.29 is 14.3 Å². The third kappa shape index (κ3) is 6.00. The number of hydrogen-bond donors (Lipinski definition) is 1. The molecule has 34 heavy (non-hydrogen) atoms. The molecule has 1 N–H and O–H groups in total. The van der Waals surface area contributed by atoms with Crippen molar-refractivity contribution in [2.75, 3.05) is 31.6 Å². The van der Waals surface area contributed by atoms with Crippen LogP contribution in [0.2, 0.25) is 0 Å². The standard InChI is InChI=1S/C26H30N4O3S/c1-17(2)25(32)27-20-10-8-19(9-11-20)24(31)18(3)34-26-21-6-4-5-7-22(21)28-23(29-26)16-30-12-14-33-15-13-30/h4-11,17-18H,12-16H2,1-3H3,(H,27,32)/t18-/m0/s1. The molecule has 1 aliphatic rings. The summed E-state index contributed by atoms with van der Waals surface area (Å²) < 4.78 is 5.44. The number of para-hydroxylation sites is 1. The number of morpholine rings is 1. The zero-order chi connectivity index (χ0) is 24.1. The smallest absolute Gasteiger partial charge is 0.226 e. The molecule has 1 saturated heterocycles. The van der Waals surface area contributed by atoms with Gasteiger partial charge < -0.3 is 10.1 Å². The van der Waals surface area contributed by atoms with Gasteiger partial charge in [-0.15, -0.1) is 0 Å². The number of aromatic nitrogens is 2. The molecule has 1 atom stereocenters. The minimum atomic E-state index is -0.328. The van der Waals surface area contributed by atoms with E-state index in [2.05, 4.69) is 10.2 Å². The van der Waals surface area contributed by atoms with Gasteiger partial charge in [-0.2, -0.15) is 0 Å². The van der Waals surface area contributed by atoms with E-state index in [1.165, 1.54) is 11.8 Å². The second-order valence-electron chi connectivity index (χ2n) is 8.70. The third-order valence-electron chi connectivity index (χ3n) is 5.70. The van der Waals surface area contributed by atoms with Crippen LogP contribution < -0.4 is 5.32 Å². The molecule has 1 aromatic heterocycles. The van der Waals surface area contributed by atoms with Gasteiger partial charge in [-0.3, -0.25) is 14.5 Å². The molecule has 8 heteroatoms. The quantitative estimate of drug-likeness (QED) is 0.291. The average molecular weight is 479 g/mol. The largest absolute Gasteiger partial charge is 0.379 e.